The van der Waals surface area contributed by atoms with Gasteiger partial charge in [-0.3, -0.25) is 4.79 Å². The van der Waals surface area contributed by atoms with Crippen LogP contribution in [0.3, 0.4) is 0 Å². The van der Waals surface area contributed by atoms with E-state index in [2.05, 4.69) is 40.3 Å². The molecule has 2 saturated heterocycles. The molecule has 29 heavy (non-hydrogen) atoms. The Morgan fingerprint density at radius 3 is 2.62 bits per heavy atom. The molecule has 0 bridgehead atoms. The van der Waals surface area contributed by atoms with Gasteiger partial charge in [-0.2, -0.15) is 0 Å². The van der Waals surface area contributed by atoms with Crippen molar-refractivity contribution in [3.8, 4) is 5.75 Å². The Morgan fingerprint density at radius 1 is 1.17 bits per heavy atom. The van der Waals surface area contributed by atoms with E-state index in [4.69, 9.17) is 9.47 Å². The Kier molecular flexibility index (Phi) is 5.87. The number of carbonyl (C=O) groups is 1. The Bertz CT molecular complexity index is 964. The van der Waals surface area contributed by atoms with E-state index in [9.17, 15) is 4.79 Å². The number of thioether (sulfide) groups is 1. The van der Waals surface area contributed by atoms with Crippen LogP contribution in [0.25, 0.3) is 6.08 Å². The maximum atomic E-state index is 12.4. The summed E-state index contributed by atoms with van der Waals surface area (Å²) in [7, 11) is 1.63. The minimum Gasteiger partial charge on any atom is -0.497 e. The van der Waals surface area contributed by atoms with Crippen LogP contribution >= 0.6 is 11.8 Å². The predicted octanol–water partition coefficient (Wildman–Crippen LogP) is 3.73. The number of aliphatic imine (C=N–C) groups is 1. The van der Waals surface area contributed by atoms with E-state index >= 15 is 0 Å². The monoisotopic (exact) mass is 409 g/mol. The van der Waals surface area contributed by atoms with Gasteiger partial charge in [0.15, 0.2) is 5.17 Å². The van der Waals surface area contributed by atoms with E-state index in [0.717, 1.165) is 48.9 Å². The average Bonchev–Trinajstić information content (AvgIpc) is 3.09. The largest absolute Gasteiger partial charge is 0.497 e. The highest BCUT2D eigenvalue weighted by atomic mass is 32.2. The van der Waals surface area contributed by atoms with Crippen LogP contribution in [0.15, 0.2) is 52.4 Å². The lowest BCUT2D eigenvalue weighted by Crippen LogP contribution is -2.36. The van der Waals surface area contributed by atoms with Gasteiger partial charge in [0.05, 0.1) is 30.9 Å². The molecule has 0 atom stereocenters. The van der Waals surface area contributed by atoms with Gasteiger partial charge < -0.3 is 19.7 Å². The Hall–Kier alpha value is -2.77. The lowest BCUT2D eigenvalue weighted by molar-refractivity contribution is -0.115. The molecule has 2 aliphatic heterocycles. The molecule has 0 aliphatic carbocycles. The molecule has 1 N–H and O–H groups in total. The molecule has 1 amide bonds. The maximum Gasteiger partial charge on any atom is 0.264 e. The fourth-order valence-corrected chi connectivity index (χ4v) is 4.07. The summed E-state index contributed by atoms with van der Waals surface area (Å²) in [6.07, 6.45) is 1.93. The van der Waals surface area contributed by atoms with E-state index in [1.54, 1.807) is 7.11 Å². The van der Waals surface area contributed by atoms with Crippen LogP contribution < -0.4 is 15.0 Å². The SMILES string of the molecule is COc1ccc(N=C2NC(=O)/C(=C/c3ccc(N4CCOCC4)cc3C)S2)cc1. The molecule has 0 unspecified atom stereocenters. The molecule has 4 rings (SSSR count). The molecule has 0 radical (unpaired) electrons. The summed E-state index contributed by atoms with van der Waals surface area (Å²) >= 11 is 1.35. The van der Waals surface area contributed by atoms with Gasteiger partial charge in [0, 0.05) is 18.8 Å². The predicted molar refractivity (Wildman–Crippen MR) is 118 cm³/mol. The van der Waals surface area contributed by atoms with E-state index in [1.165, 1.54) is 17.4 Å². The summed E-state index contributed by atoms with van der Waals surface area (Å²) < 4.78 is 10.6. The van der Waals surface area contributed by atoms with Gasteiger partial charge in [0.25, 0.3) is 5.91 Å². The van der Waals surface area contributed by atoms with Gasteiger partial charge in [0.1, 0.15) is 5.75 Å². The second kappa shape index (κ2) is 8.71. The normalized spacial score (nSPS) is 19.7. The highest BCUT2D eigenvalue weighted by Gasteiger charge is 2.24. The molecule has 0 aromatic heterocycles. The Labute approximate surface area is 174 Å². The third-order valence-corrected chi connectivity index (χ3v) is 5.78. The van der Waals surface area contributed by atoms with Gasteiger partial charge in [-0.15, -0.1) is 0 Å². The number of aryl methyl sites for hydroxylation is 1. The van der Waals surface area contributed by atoms with Crippen LogP contribution in [0, 0.1) is 6.92 Å². The van der Waals surface area contributed by atoms with Crippen molar-refractivity contribution in [1.29, 1.82) is 0 Å². The van der Waals surface area contributed by atoms with Crippen molar-refractivity contribution in [3.63, 3.8) is 0 Å². The number of carbonyl (C=O) groups excluding carboxylic acids is 1. The van der Waals surface area contributed by atoms with Crippen LogP contribution in [-0.4, -0.2) is 44.5 Å². The summed E-state index contributed by atoms with van der Waals surface area (Å²) in [5.41, 5.74) is 4.12. The maximum absolute atomic E-state index is 12.4. The first-order valence-electron chi connectivity index (χ1n) is 9.49. The Balaban J connectivity index is 1.50. The first kappa shape index (κ1) is 19.5. The number of benzene rings is 2. The number of anilines is 1. The lowest BCUT2D eigenvalue weighted by Gasteiger charge is -2.29. The molecule has 2 aliphatic rings. The number of nitrogens with zero attached hydrogens (tertiary/aromatic N) is 2. The highest BCUT2D eigenvalue weighted by Crippen LogP contribution is 2.30. The van der Waals surface area contributed by atoms with E-state index in [1.807, 2.05) is 30.3 Å². The van der Waals surface area contributed by atoms with Gasteiger partial charge >= 0.3 is 0 Å². The number of ether oxygens (including phenoxy) is 2. The zero-order valence-corrected chi connectivity index (χ0v) is 17.3. The summed E-state index contributed by atoms with van der Waals surface area (Å²) in [5.74, 6) is 0.646. The van der Waals surface area contributed by atoms with Crippen LogP contribution in [0.1, 0.15) is 11.1 Å². The van der Waals surface area contributed by atoms with Crippen LogP contribution in [0.4, 0.5) is 11.4 Å². The number of amides is 1. The van der Waals surface area contributed by atoms with Gasteiger partial charge in [-0.05, 0) is 72.3 Å². The second-order valence-electron chi connectivity index (χ2n) is 6.82. The zero-order chi connectivity index (χ0) is 20.2. The minimum absolute atomic E-state index is 0.126. The number of morpholine rings is 1. The first-order valence-corrected chi connectivity index (χ1v) is 10.3. The summed E-state index contributed by atoms with van der Waals surface area (Å²) in [6, 6.07) is 13.7. The Morgan fingerprint density at radius 2 is 1.93 bits per heavy atom. The smallest absolute Gasteiger partial charge is 0.264 e. The number of hydrogen-bond donors (Lipinski definition) is 1. The van der Waals surface area contributed by atoms with Gasteiger partial charge in [0.2, 0.25) is 0 Å². The summed E-state index contributed by atoms with van der Waals surface area (Å²) in [6.45, 7) is 5.41. The first-order chi connectivity index (χ1) is 14.1. The number of amidine groups is 1. The van der Waals surface area contributed by atoms with Gasteiger partial charge in [-0.25, -0.2) is 4.99 Å². The molecule has 2 fully saturated rings. The van der Waals surface area contributed by atoms with Crippen molar-refractivity contribution in [2.24, 2.45) is 4.99 Å². The van der Waals surface area contributed by atoms with E-state index in [0.29, 0.717) is 10.1 Å². The van der Waals surface area contributed by atoms with Gasteiger partial charge in [-0.1, -0.05) is 6.07 Å². The van der Waals surface area contributed by atoms with Crippen molar-refractivity contribution < 1.29 is 14.3 Å². The third-order valence-electron chi connectivity index (χ3n) is 4.87. The van der Waals surface area contributed by atoms with Crippen LogP contribution in [0.5, 0.6) is 5.75 Å². The second-order valence-corrected chi connectivity index (χ2v) is 7.85. The standard InChI is InChI=1S/C22H23N3O3S/c1-15-13-18(25-9-11-28-12-10-25)6-3-16(15)14-20-21(26)24-22(29-20)23-17-4-7-19(27-2)8-5-17/h3-8,13-14H,9-12H2,1-2H3,(H,23,24,26)/b20-14-. The quantitative estimate of drug-likeness (QED) is 0.780. The molecule has 150 valence electrons. The molecule has 6 nitrogen and oxygen atoms in total. The lowest BCUT2D eigenvalue weighted by atomic mass is 10.1. The third kappa shape index (κ3) is 4.63. The molecule has 2 heterocycles. The summed E-state index contributed by atoms with van der Waals surface area (Å²) in [4.78, 5) is 19.9. The molecule has 7 heteroatoms. The molecular weight excluding hydrogens is 386 g/mol. The van der Waals surface area contributed by atoms with Crippen LogP contribution in [0.2, 0.25) is 0 Å². The van der Waals surface area contributed by atoms with E-state index < -0.39 is 0 Å². The van der Waals surface area contributed by atoms with Crippen molar-refractivity contribution >= 4 is 40.3 Å². The fraction of sp³-hybridized carbons (Fsp3) is 0.273. The van der Waals surface area contributed by atoms with Crippen molar-refractivity contribution in [2.45, 2.75) is 6.92 Å². The van der Waals surface area contributed by atoms with Crippen molar-refractivity contribution in [3.05, 3.63) is 58.5 Å². The fourth-order valence-electron chi connectivity index (χ4n) is 3.24. The van der Waals surface area contributed by atoms with Crippen LogP contribution in [-0.2, 0) is 9.53 Å². The molecule has 2 aromatic carbocycles. The van der Waals surface area contributed by atoms with Crippen molar-refractivity contribution in [1.82, 2.24) is 5.32 Å². The molecule has 0 saturated carbocycles. The zero-order valence-electron chi connectivity index (χ0n) is 16.5. The summed E-state index contributed by atoms with van der Waals surface area (Å²) in [5, 5.41) is 3.41. The molecular formula is C22H23N3O3S. The topological polar surface area (TPSA) is 63.2 Å². The molecule has 0 spiro atoms. The highest BCUT2D eigenvalue weighted by molar-refractivity contribution is 8.18. The van der Waals surface area contributed by atoms with Crippen molar-refractivity contribution in [2.75, 3.05) is 38.3 Å². The minimum atomic E-state index is -0.126. The number of hydrogen-bond acceptors (Lipinski definition) is 6. The van der Waals surface area contributed by atoms with E-state index in [-0.39, 0.29) is 5.91 Å². The number of methoxy groups -OCH3 is 1. The molecule has 2 aromatic rings. The average molecular weight is 410 g/mol. The number of rotatable bonds is 4. The number of nitrogens with one attached hydrogen (secondary N) is 1.